The minimum atomic E-state index is -0.520. The number of anilines is 1. The lowest BCUT2D eigenvalue weighted by Crippen LogP contribution is -2.20. The molecule has 5 nitrogen and oxygen atoms in total. The van der Waals surface area contributed by atoms with E-state index in [1.807, 2.05) is 11.9 Å². The molecule has 2 atom stereocenters. The van der Waals surface area contributed by atoms with E-state index in [0.717, 1.165) is 12.5 Å². The summed E-state index contributed by atoms with van der Waals surface area (Å²) in [7, 11) is 1.95. The van der Waals surface area contributed by atoms with Crippen molar-refractivity contribution in [2.24, 2.45) is 11.8 Å². The standard InChI is InChI=1S/C14H20N2O3S/c1-5-19-13(18)11-12(9(3)17)20-14(15-11)16(4)7-10-6-8(10)2/h8,10H,5-7H2,1-4H3. The number of hydrogen-bond acceptors (Lipinski definition) is 6. The summed E-state index contributed by atoms with van der Waals surface area (Å²) in [6.45, 7) is 6.60. The SMILES string of the molecule is CCOC(=O)c1nc(N(C)CC2CC2C)sc1C(C)=O. The molecule has 1 aliphatic carbocycles. The van der Waals surface area contributed by atoms with Crippen LogP contribution in [0.15, 0.2) is 0 Å². The minimum Gasteiger partial charge on any atom is -0.461 e. The van der Waals surface area contributed by atoms with E-state index in [9.17, 15) is 9.59 Å². The largest absolute Gasteiger partial charge is 0.461 e. The van der Waals surface area contributed by atoms with E-state index in [2.05, 4.69) is 11.9 Å². The third-order valence-corrected chi connectivity index (χ3v) is 4.79. The summed E-state index contributed by atoms with van der Waals surface area (Å²) in [5, 5.41) is 0.706. The zero-order valence-corrected chi connectivity index (χ0v) is 13.1. The highest BCUT2D eigenvalue weighted by Gasteiger charge is 2.34. The molecule has 20 heavy (non-hydrogen) atoms. The van der Waals surface area contributed by atoms with Crippen LogP contribution in [0.1, 0.15) is 47.4 Å². The molecule has 0 aliphatic heterocycles. The van der Waals surface area contributed by atoms with Crippen LogP contribution in [-0.2, 0) is 4.74 Å². The van der Waals surface area contributed by atoms with Crippen molar-refractivity contribution in [1.82, 2.24) is 4.98 Å². The third kappa shape index (κ3) is 3.17. The van der Waals surface area contributed by atoms with Crippen LogP contribution in [0, 0.1) is 11.8 Å². The number of carbonyl (C=O) groups excluding carboxylic acids is 2. The van der Waals surface area contributed by atoms with Crippen molar-refractivity contribution in [3.63, 3.8) is 0 Å². The Labute approximate surface area is 122 Å². The predicted octanol–water partition coefficient (Wildman–Crippen LogP) is 2.61. The van der Waals surface area contributed by atoms with Gasteiger partial charge in [-0.1, -0.05) is 18.3 Å². The third-order valence-electron chi connectivity index (χ3n) is 3.52. The molecule has 2 rings (SSSR count). The molecule has 1 aromatic heterocycles. The van der Waals surface area contributed by atoms with Crippen LogP contribution < -0.4 is 4.90 Å². The molecule has 1 aliphatic rings. The Morgan fingerprint density at radius 1 is 1.50 bits per heavy atom. The van der Waals surface area contributed by atoms with Gasteiger partial charge >= 0.3 is 5.97 Å². The van der Waals surface area contributed by atoms with Crippen LogP contribution in [0.4, 0.5) is 5.13 Å². The van der Waals surface area contributed by atoms with Crippen molar-refractivity contribution in [2.75, 3.05) is 25.1 Å². The number of rotatable bonds is 6. The second-order valence-electron chi connectivity index (χ2n) is 5.30. The summed E-state index contributed by atoms with van der Waals surface area (Å²) < 4.78 is 4.96. The molecule has 1 heterocycles. The van der Waals surface area contributed by atoms with Crippen LogP contribution in [0.5, 0.6) is 0 Å². The summed E-state index contributed by atoms with van der Waals surface area (Å²) >= 11 is 1.27. The highest BCUT2D eigenvalue weighted by Crippen LogP contribution is 2.39. The number of thiazole rings is 1. The van der Waals surface area contributed by atoms with Crippen LogP contribution in [0.2, 0.25) is 0 Å². The molecule has 110 valence electrons. The first kappa shape index (κ1) is 15.0. The maximum absolute atomic E-state index is 11.8. The van der Waals surface area contributed by atoms with Gasteiger partial charge in [0.05, 0.1) is 6.61 Å². The molecule has 2 unspecified atom stereocenters. The van der Waals surface area contributed by atoms with Gasteiger partial charge in [0.2, 0.25) is 0 Å². The maximum atomic E-state index is 11.8. The predicted molar refractivity (Wildman–Crippen MR) is 78.6 cm³/mol. The number of nitrogens with zero attached hydrogens (tertiary/aromatic N) is 2. The van der Waals surface area contributed by atoms with Crippen LogP contribution in [-0.4, -0.2) is 36.9 Å². The fourth-order valence-corrected chi connectivity index (χ4v) is 3.05. The monoisotopic (exact) mass is 296 g/mol. The van der Waals surface area contributed by atoms with E-state index in [4.69, 9.17) is 4.74 Å². The average molecular weight is 296 g/mol. The van der Waals surface area contributed by atoms with Gasteiger partial charge in [-0.15, -0.1) is 0 Å². The van der Waals surface area contributed by atoms with Crippen molar-refractivity contribution in [3.8, 4) is 0 Å². The Morgan fingerprint density at radius 2 is 2.15 bits per heavy atom. The Balaban J connectivity index is 2.19. The number of ether oxygens (including phenoxy) is 1. The molecule has 0 amide bonds. The molecular weight excluding hydrogens is 276 g/mol. The number of hydrogen-bond donors (Lipinski definition) is 0. The summed E-state index contributed by atoms with van der Waals surface area (Å²) in [6.07, 6.45) is 1.24. The Kier molecular flexibility index (Phi) is 4.42. The van der Waals surface area contributed by atoms with E-state index in [-0.39, 0.29) is 18.1 Å². The quantitative estimate of drug-likeness (QED) is 0.596. The molecular formula is C14H20N2O3S. The highest BCUT2D eigenvalue weighted by molar-refractivity contribution is 7.17. The van der Waals surface area contributed by atoms with Crippen LogP contribution in [0.25, 0.3) is 0 Å². The van der Waals surface area contributed by atoms with Gasteiger partial charge < -0.3 is 9.64 Å². The lowest BCUT2D eigenvalue weighted by molar-refractivity contribution is 0.0517. The van der Waals surface area contributed by atoms with E-state index in [1.54, 1.807) is 6.92 Å². The first-order chi connectivity index (χ1) is 9.43. The molecule has 0 saturated heterocycles. The Bertz CT molecular complexity index is 526. The van der Waals surface area contributed by atoms with Gasteiger partial charge in [0, 0.05) is 20.5 Å². The van der Waals surface area contributed by atoms with E-state index in [0.29, 0.717) is 15.9 Å². The number of carbonyl (C=O) groups is 2. The first-order valence-electron chi connectivity index (χ1n) is 6.84. The molecule has 6 heteroatoms. The molecule has 0 N–H and O–H groups in total. The van der Waals surface area contributed by atoms with E-state index in [1.165, 1.54) is 24.7 Å². The van der Waals surface area contributed by atoms with Gasteiger partial charge in [-0.05, 0) is 25.2 Å². The number of aromatic nitrogens is 1. The molecule has 1 fully saturated rings. The molecule has 0 aromatic carbocycles. The van der Waals surface area contributed by atoms with Crippen molar-refractivity contribution in [3.05, 3.63) is 10.6 Å². The van der Waals surface area contributed by atoms with Gasteiger partial charge in [0.25, 0.3) is 0 Å². The van der Waals surface area contributed by atoms with Gasteiger partial charge in [-0.3, -0.25) is 4.79 Å². The smallest absolute Gasteiger partial charge is 0.358 e. The number of Topliss-reactive ketones (excluding diaryl/α,β-unsaturated/α-hetero) is 1. The lowest BCUT2D eigenvalue weighted by Gasteiger charge is -2.14. The summed E-state index contributed by atoms with van der Waals surface area (Å²) in [4.78, 5) is 30.2. The second kappa shape index (κ2) is 5.91. The van der Waals surface area contributed by atoms with Crippen molar-refractivity contribution in [1.29, 1.82) is 0 Å². The summed E-state index contributed by atoms with van der Waals surface area (Å²) in [6, 6.07) is 0. The molecule has 1 saturated carbocycles. The second-order valence-corrected chi connectivity index (χ2v) is 6.28. The first-order valence-corrected chi connectivity index (χ1v) is 7.65. The zero-order chi connectivity index (χ0) is 14.9. The Hall–Kier alpha value is -1.43. The normalized spacial score (nSPS) is 20.6. The molecule has 0 radical (unpaired) electrons. The van der Waals surface area contributed by atoms with Crippen LogP contribution >= 0.6 is 11.3 Å². The van der Waals surface area contributed by atoms with E-state index < -0.39 is 5.97 Å². The summed E-state index contributed by atoms with van der Waals surface area (Å²) in [5.41, 5.74) is 0.148. The molecule has 0 bridgehead atoms. The average Bonchev–Trinajstić information content (AvgIpc) is 2.93. The van der Waals surface area contributed by atoms with Crippen molar-refractivity contribution < 1.29 is 14.3 Å². The van der Waals surface area contributed by atoms with Gasteiger partial charge in [-0.25, -0.2) is 9.78 Å². The Morgan fingerprint density at radius 3 is 2.65 bits per heavy atom. The van der Waals surface area contributed by atoms with E-state index >= 15 is 0 Å². The number of esters is 1. The van der Waals surface area contributed by atoms with Gasteiger partial charge in [0.1, 0.15) is 4.88 Å². The van der Waals surface area contributed by atoms with Crippen LogP contribution in [0.3, 0.4) is 0 Å². The summed E-state index contributed by atoms with van der Waals surface area (Å²) in [5.74, 6) is 0.781. The van der Waals surface area contributed by atoms with Crippen molar-refractivity contribution >= 4 is 28.2 Å². The maximum Gasteiger partial charge on any atom is 0.358 e. The van der Waals surface area contributed by atoms with Crippen molar-refractivity contribution in [2.45, 2.75) is 27.2 Å². The van der Waals surface area contributed by atoms with Gasteiger partial charge in [0.15, 0.2) is 16.6 Å². The molecule has 0 spiro atoms. The zero-order valence-electron chi connectivity index (χ0n) is 12.3. The molecule has 1 aromatic rings. The topological polar surface area (TPSA) is 59.5 Å². The number of ketones is 1. The van der Waals surface area contributed by atoms with Gasteiger partial charge in [-0.2, -0.15) is 0 Å². The highest BCUT2D eigenvalue weighted by atomic mass is 32.1. The fourth-order valence-electron chi connectivity index (χ4n) is 2.13. The minimum absolute atomic E-state index is 0.148. The lowest BCUT2D eigenvalue weighted by atomic mass is 10.3. The fraction of sp³-hybridized carbons (Fsp3) is 0.643.